The molecule has 2 aromatic carbocycles. The van der Waals surface area contributed by atoms with Gasteiger partial charge in [-0.3, -0.25) is 4.79 Å². The minimum Gasteiger partial charge on any atom is -0.427 e. The molecular formula is C33H44N2O2. The van der Waals surface area contributed by atoms with Crippen molar-refractivity contribution in [3.8, 4) is 28.3 Å². The van der Waals surface area contributed by atoms with E-state index in [4.69, 9.17) is 4.74 Å². The fourth-order valence-corrected chi connectivity index (χ4v) is 4.68. The van der Waals surface area contributed by atoms with Gasteiger partial charge in [0.15, 0.2) is 5.82 Å². The summed E-state index contributed by atoms with van der Waals surface area (Å²) in [4.78, 5) is 21.4. The molecule has 0 aliphatic rings. The predicted molar refractivity (Wildman–Crippen MR) is 154 cm³/mol. The molecule has 0 radical (unpaired) electrons. The molecule has 3 aromatic rings. The number of carbonyl (C=O) groups excluding carboxylic acids is 1. The molecule has 0 N–H and O–H groups in total. The summed E-state index contributed by atoms with van der Waals surface area (Å²) >= 11 is 0. The first-order valence-electron chi connectivity index (χ1n) is 14.3. The highest BCUT2D eigenvalue weighted by Crippen LogP contribution is 2.24. The molecule has 0 saturated heterocycles. The van der Waals surface area contributed by atoms with Gasteiger partial charge in [0, 0.05) is 29.9 Å². The lowest BCUT2D eigenvalue weighted by Crippen LogP contribution is -2.07. The molecule has 0 aliphatic heterocycles. The Morgan fingerprint density at radius 2 is 1.41 bits per heavy atom. The van der Waals surface area contributed by atoms with Gasteiger partial charge in [-0.1, -0.05) is 109 Å². The maximum Gasteiger partial charge on any atom is 0.311 e. The monoisotopic (exact) mass is 500 g/mol. The Morgan fingerprint density at radius 3 is 2.08 bits per heavy atom. The summed E-state index contributed by atoms with van der Waals surface area (Å²) < 4.78 is 5.52. The molecule has 1 heterocycles. The first-order chi connectivity index (χ1) is 18.1. The molecule has 1 atom stereocenters. The van der Waals surface area contributed by atoms with E-state index in [-0.39, 0.29) is 5.97 Å². The van der Waals surface area contributed by atoms with E-state index in [1.54, 1.807) is 0 Å². The van der Waals surface area contributed by atoms with Gasteiger partial charge >= 0.3 is 5.97 Å². The quantitative estimate of drug-likeness (QED) is 0.112. The van der Waals surface area contributed by atoms with Crippen LogP contribution in [0.1, 0.15) is 97.0 Å². The Hall–Kier alpha value is -3.01. The highest BCUT2D eigenvalue weighted by molar-refractivity contribution is 5.73. The molecule has 198 valence electrons. The summed E-state index contributed by atoms with van der Waals surface area (Å²) in [5.74, 6) is 1.89. The van der Waals surface area contributed by atoms with Gasteiger partial charge in [-0.2, -0.15) is 0 Å². The Balaban J connectivity index is 1.46. The lowest BCUT2D eigenvalue weighted by atomic mass is 9.99. The van der Waals surface area contributed by atoms with Gasteiger partial charge in [0.25, 0.3) is 0 Å². The Kier molecular flexibility index (Phi) is 12.3. The number of ether oxygens (including phenoxy) is 1. The number of unbranched alkanes of at least 4 members (excludes halogenated alkanes) is 5. The van der Waals surface area contributed by atoms with Crippen LogP contribution in [0, 0.1) is 5.92 Å². The average Bonchev–Trinajstić information content (AvgIpc) is 2.92. The minimum absolute atomic E-state index is 0.161. The number of aryl methyl sites for hydroxylation is 1. The topological polar surface area (TPSA) is 52.1 Å². The number of hydrogen-bond donors (Lipinski definition) is 0. The molecule has 4 heteroatoms. The van der Waals surface area contributed by atoms with Gasteiger partial charge in [0.1, 0.15) is 5.75 Å². The molecule has 0 aliphatic carbocycles. The molecule has 4 nitrogen and oxygen atoms in total. The summed E-state index contributed by atoms with van der Waals surface area (Å²) in [6.45, 7) is 6.76. The Morgan fingerprint density at radius 1 is 0.730 bits per heavy atom. The fraction of sp³-hybridized carbons (Fsp3) is 0.485. The molecule has 0 fully saturated rings. The SMILES string of the molecule is CCCCCCCc1ccc(-c2ncc(-c3ccc(OC(=O)CCCCC(C)CCC)cc3)cn2)cc1. The van der Waals surface area contributed by atoms with Crippen LogP contribution >= 0.6 is 0 Å². The lowest BCUT2D eigenvalue weighted by Gasteiger charge is -2.09. The van der Waals surface area contributed by atoms with Gasteiger partial charge < -0.3 is 4.74 Å². The second kappa shape index (κ2) is 16.0. The number of benzene rings is 2. The number of nitrogens with zero attached hydrogens (tertiary/aromatic N) is 2. The van der Waals surface area contributed by atoms with Crippen LogP contribution in [0.25, 0.3) is 22.5 Å². The van der Waals surface area contributed by atoms with Gasteiger partial charge in [0.05, 0.1) is 0 Å². The van der Waals surface area contributed by atoms with Crippen molar-refractivity contribution in [1.29, 1.82) is 0 Å². The molecule has 3 rings (SSSR count). The van der Waals surface area contributed by atoms with Gasteiger partial charge in [0.2, 0.25) is 0 Å². The third-order valence-electron chi connectivity index (χ3n) is 6.96. The van der Waals surface area contributed by atoms with Crippen molar-refractivity contribution in [2.75, 3.05) is 0 Å². The van der Waals surface area contributed by atoms with E-state index in [9.17, 15) is 4.79 Å². The van der Waals surface area contributed by atoms with Crippen molar-refractivity contribution >= 4 is 5.97 Å². The molecular weight excluding hydrogens is 456 g/mol. The second-order valence-electron chi connectivity index (χ2n) is 10.3. The van der Waals surface area contributed by atoms with Gasteiger partial charge in [-0.25, -0.2) is 9.97 Å². The van der Waals surface area contributed by atoms with Crippen LogP contribution in [0.15, 0.2) is 60.9 Å². The van der Waals surface area contributed by atoms with E-state index >= 15 is 0 Å². The van der Waals surface area contributed by atoms with Gasteiger partial charge in [-0.15, -0.1) is 0 Å². The van der Waals surface area contributed by atoms with Crippen molar-refractivity contribution in [2.45, 2.75) is 97.8 Å². The summed E-state index contributed by atoms with van der Waals surface area (Å²) in [5, 5.41) is 0. The lowest BCUT2D eigenvalue weighted by molar-refractivity contribution is -0.134. The first-order valence-corrected chi connectivity index (χ1v) is 14.3. The van der Waals surface area contributed by atoms with Gasteiger partial charge in [-0.05, 0) is 48.4 Å². The highest BCUT2D eigenvalue weighted by atomic mass is 16.5. The van der Waals surface area contributed by atoms with Crippen molar-refractivity contribution in [3.05, 3.63) is 66.5 Å². The summed E-state index contributed by atoms with van der Waals surface area (Å²) in [7, 11) is 0. The average molecular weight is 501 g/mol. The molecule has 0 spiro atoms. The smallest absolute Gasteiger partial charge is 0.311 e. The van der Waals surface area contributed by atoms with E-state index in [2.05, 4.69) is 55.0 Å². The van der Waals surface area contributed by atoms with E-state index in [1.807, 2.05) is 36.7 Å². The van der Waals surface area contributed by atoms with Crippen LogP contribution in [0.3, 0.4) is 0 Å². The third-order valence-corrected chi connectivity index (χ3v) is 6.96. The predicted octanol–water partition coefficient (Wildman–Crippen LogP) is 9.23. The Bertz CT molecular complexity index is 1040. The molecule has 0 amide bonds. The van der Waals surface area contributed by atoms with Crippen molar-refractivity contribution in [1.82, 2.24) is 9.97 Å². The van der Waals surface area contributed by atoms with Crippen LogP contribution in [0.4, 0.5) is 0 Å². The van der Waals surface area contributed by atoms with Crippen molar-refractivity contribution in [2.24, 2.45) is 5.92 Å². The largest absolute Gasteiger partial charge is 0.427 e. The van der Waals surface area contributed by atoms with Crippen molar-refractivity contribution < 1.29 is 9.53 Å². The summed E-state index contributed by atoms with van der Waals surface area (Å²) in [6, 6.07) is 16.2. The van der Waals surface area contributed by atoms with Crippen LogP contribution < -0.4 is 4.74 Å². The Labute approximate surface area is 223 Å². The maximum atomic E-state index is 12.2. The number of aromatic nitrogens is 2. The standard InChI is InChI=1S/C33H44N2O2/c1-4-6-7-8-9-14-27-16-18-29(19-17-27)33-34-24-30(25-35-33)28-20-22-31(23-21-28)37-32(36)15-11-10-13-26(3)12-5-2/h16-26H,4-15H2,1-3H3. The zero-order valence-corrected chi connectivity index (χ0v) is 23.0. The normalized spacial score (nSPS) is 11.9. The zero-order chi connectivity index (χ0) is 26.3. The van der Waals surface area contributed by atoms with Crippen LogP contribution in [-0.4, -0.2) is 15.9 Å². The van der Waals surface area contributed by atoms with Crippen LogP contribution in [0.5, 0.6) is 5.75 Å². The van der Waals surface area contributed by atoms with Crippen molar-refractivity contribution in [3.63, 3.8) is 0 Å². The number of rotatable bonds is 16. The number of hydrogen-bond acceptors (Lipinski definition) is 4. The van der Waals surface area contributed by atoms with E-state index in [0.717, 1.165) is 47.7 Å². The minimum atomic E-state index is -0.161. The molecule has 1 aromatic heterocycles. The van der Waals surface area contributed by atoms with E-state index in [0.29, 0.717) is 12.2 Å². The second-order valence-corrected chi connectivity index (χ2v) is 10.3. The fourth-order valence-electron chi connectivity index (χ4n) is 4.68. The van der Waals surface area contributed by atoms with E-state index in [1.165, 1.54) is 56.9 Å². The van der Waals surface area contributed by atoms with Crippen LogP contribution in [-0.2, 0) is 11.2 Å². The third kappa shape index (κ3) is 10.1. The first kappa shape index (κ1) is 28.6. The summed E-state index contributed by atoms with van der Waals surface area (Å²) in [6.07, 6.45) is 17.4. The van der Waals surface area contributed by atoms with E-state index < -0.39 is 0 Å². The highest BCUT2D eigenvalue weighted by Gasteiger charge is 2.08. The zero-order valence-electron chi connectivity index (χ0n) is 23.0. The molecule has 1 unspecified atom stereocenters. The maximum absolute atomic E-state index is 12.2. The van der Waals surface area contributed by atoms with Crippen LogP contribution in [0.2, 0.25) is 0 Å². The number of carbonyl (C=O) groups is 1. The molecule has 0 bridgehead atoms. The molecule has 0 saturated carbocycles. The molecule has 37 heavy (non-hydrogen) atoms. The summed E-state index contributed by atoms with van der Waals surface area (Å²) in [5.41, 5.74) is 4.34. The number of esters is 1.